The molecule has 2 N–H and O–H groups in total. The van der Waals surface area contributed by atoms with Gasteiger partial charge in [0.2, 0.25) is 0 Å². The molecule has 19 heavy (non-hydrogen) atoms. The second-order valence-corrected chi connectivity index (χ2v) is 5.70. The first-order valence-electron chi connectivity index (χ1n) is 7.11. The molecule has 1 aromatic rings. The highest BCUT2D eigenvalue weighted by molar-refractivity contribution is 5.70. The molecule has 0 spiro atoms. The fraction of sp³-hybridized carbons (Fsp3) is 0.562. The Hall–Kier alpha value is -1.35. The molecule has 0 bridgehead atoms. The Morgan fingerprint density at radius 2 is 2.21 bits per heavy atom. The number of benzene rings is 1. The van der Waals surface area contributed by atoms with E-state index in [1.807, 2.05) is 0 Å². The summed E-state index contributed by atoms with van der Waals surface area (Å²) in [6, 6.07) is 9.08. The first kappa shape index (κ1) is 14.1. The van der Waals surface area contributed by atoms with Gasteiger partial charge in [-0.1, -0.05) is 36.2 Å². The highest BCUT2D eigenvalue weighted by Gasteiger charge is 2.27. The number of carboxylic acid groups (broad SMARTS) is 1. The maximum Gasteiger partial charge on any atom is 0.306 e. The second-order valence-electron chi connectivity index (χ2n) is 5.70. The van der Waals surface area contributed by atoms with Gasteiger partial charge in [0.1, 0.15) is 0 Å². The van der Waals surface area contributed by atoms with E-state index in [1.54, 1.807) is 0 Å². The summed E-state index contributed by atoms with van der Waals surface area (Å²) >= 11 is 0. The van der Waals surface area contributed by atoms with Crippen molar-refractivity contribution >= 4 is 5.97 Å². The van der Waals surface area contributed by atoms with E-state index in [1.165, 1.54) is 11.1 Å². The van der Waals surface area contributed by atoms with Crippen LogP contribution >= 0.6 is 0 Å². The van der Waals surface area contributed by atoms with Crippen LogP contribution < -0.4 is 5.32 Å². The number of carboxylic acids is 1. The molecule has 1 fully saturated rings. The third kappa shape index (κ3) is 3.80. The fourth-order valence-corrected chi connectivity index (χ4v) is 2.95. The topological polar surface area (TPSA) is 49.3 Å². The average molecular weight is 261 g/mol. The monoisotopic (exact) mass is 261 g/mol. The molecule has 1 saturated carbocycles. The molecule has 0 aromatic heterocycles. The summed E-state index contributed by atoms with van der Waals surface area (Å²) < 4.78 is 0. The summed E-state index contributed by atoms with van der Waals surface area (Å²) in [6.45, 7) is 4.25. The van der Waals surface area contributed by atoms with Gasteiger partial charge in [0.05, 0.1) is 5.92 Å². The SMILES string of the molecule is Cc1cccc([C@@H](C)NC2CCCC(C(=O)O)C2)c1. The van der Waals surface area contributed by atoms with Crippen molar-refractivity contribution < 1.29 is 9.90 Å². The summed E-state index contributed by atoms with van der Waals surface area (Å²) in [5.74, 6) is -0.814. The zero-order valence-electron chi connectivity index (χ0n) is 11.7. The van der Waals surface area contributed by atoms with Crippen LogP contribution in [0.25, 0.3) is 0 Å². The van der Waals surface area contributed by atoms with Crippen LogP contribution in [0.4, 0.5) is 0 Å². The maximum atomic E-state index is 11.1. The van der Waals surface area contributed by atoms with Crippen LogP contribution in [-0.2, 0) is 4.79 Å². The van der Waals surface area contributed by atoms with Crippen LogP contribution in [0.3, 0.4) is 0 Å². The van der Waals surface area contributed by atoms with Crippen LogP contribution in [0, 0.1) is 12.8 Å². The Bertz CT molecular complexity index is 444. The van der Waals surface area contributed by atoms with E-state index in [9.17, 15) is 4.79 Å². The van der Waals surface area contributed by atoms with Crippen molar-refractivity contribution in [2.75, 3.05) is 0 Å². The van der Waals surface area contributed by atoms with E-state index in [0.29, 0.717) is 6.04 Å². The van der Waals surface area contributed by atoms with Gasteiger partial charge in [-0.15, -0.1) is 0 Å². The highest BCUT2D eigenvalue weighted by Crippen LogP contribution is 2.26. The lowest BCUT2D eigenvalue weighted by atomic mass is 9.85. The molecule has 0 amide bonds. The minimum absolute atomic E-state index is 0.170. The maximum absolute atomic E-state index is 11.1. The van der Waals surface area contributed by atoms with Crippen molar-refractivity contribution in [1.29, 1.82) is 0 Å². The molecule has 3 atom stereocenters. The first-order valence-corrected chi connectivity index (χ1v) is 7.11. The molecular weight excluding hydrogens is 238 g/mol. The number of rotatable bonds is 4. The number of hydrogen-bond acceptors (Lipinski definition) is 2. The van der Waals surface area contributed by atoms with Crippen LogP contribution in [0.1, 0.15) is 49.8 Å². The van der Waals surface area contributed by atoms with Gasteiger partial charge >= 0.3 is 5.97 Å². The molecule has 104 valence electrons. The smallest absolute Gasteiger partial charge is 0.306 e. The summed E-state index contributed by atoms with van der Waals surface area (Å²) in [6.07, 6.45) is 3.67. The fourth-order valence-electron chi connectivity index (χ4n) is 2.95. The average Bonchev–Trinajstić information content (AvgIpc) is 2.39. The normalized spacial score (nSPS) is 24.9. The van der Waals surface area contributed by atoms with Gasteiger partial charge in [-0.25, -0.2) is 0 Å². The second kappa shape index (κ2) is 6.20. The van der Waals surface area contributed by atoms with E-state index in [4.69, 9.17) is 5.11 Å². The number of hydrogen-bond donors (Lipinski definition) is 2. The summed E-state index contributed by atoms with van der Waals surface area (Å²) in [5.41, 5.74) is 2.54. The Morgan fingerprint density at radius 3 is 2.89 bits per heavy atom. The Balaban J connectivity index is 1.95. The Morgan fingerprint density at radius 1 is 1.42 bits per heavy atom. The number of aliphatic carboxylic acids is 1. The van der Waals surface area contributed by atoms with Crippen LogP contribution in [-0.4, -0.2) is 17.1 Å². The molecule has 3 nitrogen and oxygen atoms in total. The van der Waals surface area contributed by atoms with Gasteiger partial charge in [-0.3, -0.25) is 4.79 Å². The summed E-state index contributed by atoms with van der Waals surface area (Å²) in [5, 5.41) is 12.7. The summed E-state index contributed by atoms with van der Waals surface area (Å²) in [4.78, 5) is 11.1. The molecule has 3 heteroatoms. The highest BCUT2D eigenvalue weighted by atomic mass is 16.4. The molecule has 0 saturated heterocycles. The van der Waals surface area contributed by atoms with Gasteiger partial charge in [0.25, 0.3) is 0 Å². The molecule has 2 unspecified atom stereocenters. The minimum atomic E-state index is -0.644. The largest absolute Gasteiger partial charge is 0.481 e. The first-order chi connectivity index (χ1) is 9.06. The standard InChI is InChI=1S/C16H23NO2/c1-11-5-3-6-13(9-11)12(2)17-15-8-4-7-14(10-15)16(18)19/h3,5-6,9,12,14-15,17H,4,7-8,10H2,1-2H3,(H,18,19)/t12-,14?,15?/m1/s1. The van der Waals surface area contributed by atoms with Crippen molar-refractivity contribution in [3.8, 4) is 0 Å². The quantitative estimate of drug-likeness (QED) is 0.874. The molecule has 1 aromatic carbocycles. The van der Waals surface area contributed by atoms with E-state index in [-0.39, 0.29) is 12.0 Å². The van der Waals surface area contributed by atoms with Gasteiger partial charge in [-0.05, 0) is 38.7 Å². The predicted octanol–water partition coefficient (Wildman–Crippen LogP) is 3.29. The lowest BCUT2D eigenvalue weighted by molar-refractivity contribution is -0.143. The third-order valence-electron chi connectivity index (χ3n) is 4.05. The van der Waals surface area contributed by atoms with E-state index in [0.717, 1.165) is 25.7 Å². The van der Waals surface area contributed by atoms with Gasteiger partial charge in [0.15, 0.2) is 0 Å². The number of nitrogens with one attached hydrogen (secondary N) is 1. The van der Waals surface area contributed by atoms with Crippen LogP contribution in [0.15, 0.2) is 24.3 Å². The van der Waals surface area contributed by atoms with Crippen molar-refractivity contribution in [3.63, 3.8) is 0 Å². The number of aryl methyl sites for hydroxylation is 1. The molecule has 0 heterocycles. The summed E-state index contributed by atoms with van der Waals surface area (Å²) in [7, 11) is 0. The molecule has 2 rings (SSSR count). The van der Waals surface area contributed by atoms with Crippen molar-refractivity contribution in [1.82, 2.24) is 5.32 Å². The van der Waals surface area contributed by atoms with Crippen LogP contribution in [0.2, 0.25) is 0 Å². The number of carbonyl (C=O) groups is 1. The van der Waals surface area contributed by atoms with Gasteiger partial charge in [-0.2, -0.15) is 0 Å². The zero-order valence-corrected chi connectivity index (χ0v) is 11.7. The van der Waals surface area contributed by atoms with Gasteiger partial charge in [0, 0.05) is 12.1 Å². The minimum Gasteiger partial charge on any atom is -0.481 e. The van der Waals surface area contributed by atoms with Crippen molar-refractivity contribution in [2.45, 2.75) is 51.6 Å². The third-order valence-corrected chi connectivity index (χ3v) is 4.05. The molecule has 0 aliphatic heterocycles. The zero-order chi connectivity index (χ0) is 13.8. The van der Waals surface area contributed by atoms with Crippen LogP contribution in [0.5, 0.6) is 0 Å². The lowest BCUT2D eigenvalue weighted by Crippen LogP contribution is -2.37. The lowest BCUT2D eigenvalue weighted by Gasteiger charge is -2.30. The Kier molecular flexibility index (Phi) is 4.59. The van der Waals surface area contributed by atoms with Crippen molar-refractivity contribution in [3.05, 3.63) is 35.4 Å². The Labute approximate surface area is 115 Å². The van der Waals surface area contributed by atoms with E-state index >= 15 is 0 Å². The van der Waals surface area contributed by atoms with Crippen molar-refractivity contribution in [2.24, 2.45) is 5.92 Å². The molecule has 0 radical (unpaired) electrons. The molecule has 1 aliphatic carbocycles. The van der Waals surface area contributed by atoms with E-state index in [2.05, 4.69) is 43.4 Å². The molecule has 1 aliphatic rings. The molecular formula is C16H23NO2. The van der Waals surface area contributed by atoms with Gasteiger partial charge < -0.3 is 10.4 Å². The predicted molar refractivity (Wildman–Crippen MR) is 76.1 cm³/mol. The van der Waals surface area contributed by atoms with E-state index < -0.39 is 5.97 Å².